The number of hydrogen-bond acceptors (Lipinski definition) is 3. The predicted molar refractivity (Wildman–Crippen MR) is 68.3 cm³/mol. The van der Waals surface area contributed by atoms with Crippen LogP contribution in [0.3, 0.4) is 0 Å². The van der Waals surface area contributed by atoms with Crippen molar-refractivity contribution in [2.24, 2.45) is 5.92 Å². The summed E-state index contributed by atoms with van der Waals surface area (Å²) in [4.78, 5) is 0. The van der Waals surface area contributed by atoms with Crippen LogP contribution in [-0.2, 0) is 4.74 Å². The zero-order valence-electron chi connectivity index (χ0n) is 11.5. The molecule has 1 aliphatic carbocycles. The molecular weight excluding hydrogens is 271 g/mol. The van der Waals surface area contributed by atoms with Gasteiger partial charge in [0.15, 0.2) is 0 Å². The van der Waals surface area contributed by atoms with Gasteiger partial charge in [0.25, 0.3) is 0 Å². The Labute approximate surface area is 116 Å². The van der Waals surface area contributed by atoms with Crippen molar-refractivity contribution in [1.29, 1.82) is 0 Å². The molecule has 1 aromatic rings. The smallest absolute Gasteiger partial charge is 0.391 e. The van der Waals surface area contributed by atoms with Crippen LogP contribution in [0.25, 0.3) is 0 Å². The zero-order valence-corrected chi connectivity index (χ0v) is 11.5. The van der Waals surface area contributed by atoms with Gasteiger partial charge in [-0.3, -0.25) is 0 Å². The molecule has 1 saturated carbocycles. The second-order valence-electron chi connectivity index (χ2n) is 5.29. The van der Waals surface area contributed by atoms with Gasteiger partial charge in [-0.05, 0) is 31.4 Å². The highest BCUT2D eigenvalue weighted by Gasteiger charge is 2.42. The molecule has 0 radical (unpaired) electrons. The third-order valence-corrected chi connectivity index (χ3v) is 3.79. The van der Waals surface area contributed by atoms with E-state index in [1.54, 1.807) is 25.5 Å². The Balaban J connectivity index is 1.96. The molecule has 0 aliphatic heterocycles. The quantitative estimate of drug-likeness (QED) is 0.898. The minimum absolute atomic E-state index is 0.129. The van der Waals surface area contributed by atoms with E-state index in [4.69, 9.17) is 9.15 Å². The van der Waals surface area contributed by atoms with Crippen LogP contribution in [0.15, 0.2) is 22.8 Å². The molecule has 0 aromatic carbocycles. The minimum Gasteiger partial charge on any atom is -0.468 e. The molecule has 6 heteroatoms. The van der Waals surface area contributed by atoms with Crippen LogP contribution in [-0.4, -0.2) is 25.9 Å². The number of ether oxygens (including phenoxy) is 1. The maximum atomic E-state index is 12.8. The SMILES string of the molecule is COC[C@H](N[C@@H]1CCC[C@H](C(F)(F)F)C1)c1ccco1. The first kappa shape index (κ1) is 15.4. The van der Waals surface area contributed by atoms with Crippen LogP contribution < -0.4 is 5.32 Å². The lowest BCUT2D eigenvalue weighted by atomic mass is 9.85. The van der Waals surface area contributed by atoms with E-state index < -0.39 is 12.1 Å². The first-order chi connectivity index (χ1) is 9.50. The van der Waals surface area contributed by atoms with E-state index in [0.29, 0.717) is 18.8 Å². The van der Waals surface area contributed by atoms with Gasteiger partial charge in [0, 0.05) is 13.2 Å². The molecule has 1 aliphatic rings. The number of nitrogens with one attached hydrogen (secondary N) is 1. The van der Waals surface area contributed by atoms with Gasteiger partial charge in [-0.25, -0.2) is 0 Å². The summed E-state index contributed by atoms with van der Waals surface area (Å²) >= 11 is 0. The van der Waals surface area contributed by atoms with Gasteiger partial charge in [0.2, 0.25) is 0 Å². The van der Waals surface area contributed by atoms with Crippen molar-refractivity contribution in [3.05, 3.63) is 24.2 Å². The van der Waals surface area contributed by atoms with E-state index in [9.17, 15) is 13.2 Å². The molecule has 3 atom stereocenters. The van der Waals surface area contributed by atoms with Crippen LogP contribution in [0.4, 0.5) is 13.2 Å². The number of halogens is 3. The molecule has 1 fully saturated rings. The summed E-state index contributed by atoms with van der Waals surface area (Å²) in [6, 6.07) is 3.22. The molecule has 0 amide bonds. The summed E-state index contributed by atoms with van der Waals surface area (Å²) < 4.78 is 48.8. The first-order valence-corrected chi connectivity index (χ1v) is 6.85. The fourth-order valence-corrected chi connectivity index (χ4v) is 2.79. The molecule has 0 saturated heterocycles. The molecule has 1 aromatic heterocycles. The van der Waals surface area contributed by atoms with Gasteiger partial charge in [-0.2, -0.15) is 13.2 Å². The molecule has 114 valence electrons. The third kappa shape index (κ3) is 3.99. The Kier molecular flexibility index (Phi) is 5.10. The minimum atomic E-state index is -4.10. The number of alkyl halides is 3. The Bertz CT molecular complexity index is 392. The highest BCUT2D eigenvalue weighted by Crippen LogP contribution is 2.38. The Morgan fingerprint density at radius 2 is 2.25 bits per heavy atom. The number of rotatable bonds is 5. The Morgan fingerprint density at radius 1 is 1.45 bits per heavy atom. The normalized spacial score (nSPS) is 25.6. The molecule has 0 unspecified atom stereocenters. The number of hydrogen-bond donors (Lipinski definition) is 1. The van der Waals surface area contributed by atoms with Crippen molar-refractivity contribution in [2.45, 2.75) is 43.9 Å². The standard InChI is InChI=1S/C14H20F3NO2/c1-19-9-12(13-6-3-7-20-13)18-11-5-2-4-10(8-11)14(15,16)17/h3,6-7,10-12,18H,2,4-5,8-9H2,1H3/t10-,11+,12-/m0/s1. The van der Waals surface area contributed by atoms with E-state index in [-0.39, 0.29) is 24.9 Å². The van der Waals surface area contributed by atoms with Crippen molar-refractivity contribution in [3.8, 4) is 0 Å². The summed E-state index contributed by atoms with van der Waals surface area (Å²) in [6.07, 6.45) is -0.824. The van der Waals surface area contributed by atoms with Gasteiger partial charge >= 0.3 is 6.18 Å². The summed E-state index contributed by atoms with van der Waals surface area (Å²) in [7, 11) is 1.57. The van der Waals surface area contributed by atoms with Crippen molar-refractivity contribution >= 4 is 0 Å². The number of furan rings is 1. The van der Waals surface area contributed by atoms with Crippen molar-refractivity contribution in [2.75, 3.05) is 13.7 Å². The molecule has 1 heterocycles. The summed E-state index contributed by atoms with van der Waals surface area (Å²) in [6.45, 7) is 0.376. The van der Waals surface area contributed by atoms with Crippen molar-refractivity contribution < 1.29 is 22.3 Å². The second-order valence-corrected chi connectivity index (χ2v) is 5.29. The lowest BCUT2D eigenvalue weighted by molar-refractivity contribution is -0.184. The molecular formula is C14H20F3NO2. The molecule has 0 bridgehead atoms. The fourth-order valence-electron chi connectivity index (χ4n) is 2.79. The highest BCUT2D eigenvalue weighted by atomic mass is 19.4. The van der Waals surface area contributed by atoms with Gasteiger partial charge in [-0.1, -0.05) is 6.42 Å². The van der Waals surface area contributed by atoms with E-state index in [0.717, 1.165) is 6.42 Å². The average molecular weight is 291 g/mol. The summed E-state index contributed by atoms with van der Waals surface area (Å²) in [5.41, 5.74) is 0. The molecule has 20 heavy (non-hydrogen) atoms. The molecule has 3 nitrogen and oxygen atoms in total. The maximum Gasteiger partial charge on any atom is 0.391 e. The topological polar surface area (TPSA) is 34.4 Å². The van der Waals surface area contributed by atoms with Gasteiger partial charge in [0.1, 0.15) is 5.76 Å². The van der Waals surface area contributed by atoms with Gasteiger partial charge < -0.3 is 14.5 Å². The lowest BCUT2D eigenvalue weighted by Gasteiger charge is -2.33. The van der Waals surface area contributed by atoms with E-state index in [1.807, 2.05) is 0 Å². The van der Waals surface area contributed by atoms with Gasteiger partial charge in [-0.15, -0.1) is 0 Å². The van der Waals surface area contributed by atoms with Crippen LogP contribution in [0.5, 0.6) is 0 Å². The lowest BCUT2D eigenvalue weighted by Crippen LogP contribution is -2.41. The van der Waals surface area contributed by atoms with Crippen molar-refractivity contribution in [3.63, 3.8) is 0 Å². The average Bonchev–Trinajstić information content (AvgIpc) is 2.91. The van der Waals surface area contributed by atoms with Crippen LogP contribution in [0.1, 0.15) is 37.5 Å². The van der Waals surface area contributed by atoms with Crippen LogP contribution in [0, 0.1) is 5.92 Å². The monoisotopic (exact) mass is 291 g/mol. The Morgan fingerprint density at radius 3 is 2.85 bits per heavy atom. The first-order valence-electron chi connectivity index (χ1n) is 6.85. The van der Waals surface area contributed by atoms with Crippen molar-refractivity contribution in [1.82, 2.24) is 5.32 Å². The largest absolute Gasteiger partial charge is 0.468 e. The number of methoxy groups -OCH3 is 1. The summed E-state index contributed by atoms with van der Waals surface area (Å²) in [5, 5.41) is 3.24. The van der Waals surface area contributed by atoms with Crippen LogP contribution in [0.2, 0.25) is 0 Å². The maximum absolute atomic E-state index is 12.8. The van der Waals surface area contributed by atoms with Crippen LogP contribution >= 0.6 is 0 Å². The summed E-state index contributed by atoms with van der Waals surface area (Å²) in [5.74, 6) is -0.505. The molecule has 0 spiro atoms. The predicted octanol–water partition coefficient (Wildman–Crippen LogP) is 3.68. The molecule has 2 rings (SSSR count). The zero-order chi connectivity index (χ0) is 14.6. The van der Waals surface area contributed by atoms with E-state index in [1.165, 1.54) is 0 Å². The fraction of sp³-hybridized carbons (Fsp3) is 0.714. The molecule has 1 N–H and O–H groups in total. The third-order valence-electron chi connectivity index (χ3n) is 3.79. The second kappa shape index (κ2) is 6.63. The van der Waals surface area contributed by atoms with Gasteiger partial charge in [0.05, 0.1) is 24.8 Å². The van der Waals surface area contributed by atoms with E-state index >= 15 is 0 Å². The van der Waals surface area contributed by atoms with E-state index in [2.05, 4.69) is 5.32 Å². The Hall–Kier alpha value is -1.01. The highest BCUT2D eigenvalue weighted by molar-refractivity contribution is 5.05.